The minimum absolute atomic E-state index is 0.511. The van der Waals surface area contributed by atoms with Gasteiger partial charge in [0.05, 0.1) is 0 Å². The fraction of sp³-hybridized carbons (Fsp3) is 0.778. The fourth-order valence-electron chi connectivity index (χ4n) is 1.36. The Morgan fingerprint density at radius 2 is 2.27 bits per heavy atom. The Bertz CT molecular complexity index is 133. The van der Waals surface area contributed by atoms with Gasteiger partial charge in [-0.05, 0) is 26.1 Å². The third kappa shape index (κ3) is 2.24. The molecule has 0 atom stereocenters. The van der Waals surface area contributed by atoms with Crippen LogP contribution in [0.3, 0.4) is 0 Å². The Labute approximate surface area is 73.6 Å². The molecule has 0 saturated heterocycles. The lowest BCUT2D eigenvalue weighted by atomic mass is 9.84. The highest BCUT2D eigenvalue weighted by Crippen LogP contribution is 2.43. The van der Waals surface area contributed by atoms with E-state index in [1.54, 1.807) is 0 Å². The molecule has 0 amide bonds. The van der Waals surface area contributed by atoms with Gasteiger partial charge in [-0.25, -0.2) is 0 Å². The molecule has 1 nitrogen and oxygen atoms in total. The molecule has 1 aliphatic rings. The van der Waals surface area contributed by atoms with Gasteiger partial charge in [0.15, 0.2) is 0 Å². The molecule has 11 heavy (non-hydrogen) atoms. The number of thioether (sulfide) groups is 1. The Kier molecular flexibility index (Phi) is 3.46. The largest absolute Gasteiger partial charge is 0.316 e. The molecule has 2 heteroatoms. The minimum atomic E-state index is 0.511. The molecule has 1 fully saturated rings. The summed E-state index contributed by atoms with van der Waals surface area (Å²) in [6.07, 6.45) is 11.0. The van der Waals surface area contributed by atoms with Crippen molar-refractivity contribution in [3.05, 3.63) is 12.2 Å². The standard InChI is InChI=1S/C9H17NS/c1-10-8-4-7-9(11-2)5-3-6-9/h4,7,10H,3,5-6,8H2,1-2H3/b7-4+. The van der Waals surface area contributed by atoms with Crippen molar-refractivity contribution in [1.29, 1.82) is 0 Å². The Morgan fingerprint density at radius 1 is 1.55 bits per heavy atom. The van der Waals surface area contributed by atoms with Gasteiger partial charge in [-0.2, -0.15) is 11.8 Å². The van der Waals surface area contributed by atoms with E-state index < -0.39 is 0 Å². The lowest BCUT2D eigenvalue weighted by Gasteiger charge is -2.37. The summed E-state index contributed by atoms with van der Waals surface area (Å²) in [7, 11) is 1.98. The second-order valence-electron chi connectivity index (χ2n) is 3.08. The molecule has 1 rings (SSSR count). The first-order valence-corrected chi connectivity index (χ1v) is 5.43. The van der Waals surface area contributed by atoms with E-state index >= 15 is 0 Å². The number of nitrogens with one attached hydrogen (secondary N) is 1. The maximum atomic E-state index is 3.12. The second kappa shape index (κ2) is 4.17. The Balaban J connectivity index is 2.31. The van der Waals surface area contributed by atoms with Crippen molar-refractivity contribution < 1.29 is 0 Å². The third-order valence-corrected chi connectivity index (χ3v) is 3.71. The highest BCUT2D eigenvalue weighted by molar-refractivity contribution is 8.00. The van der Waals surface area contributed by atoms with Crippen LogP contribution in [0.1, 0.15) is 19.3 Å². The highest BCUT2D eigenvalue weighted by atomic mass is 32.2. The first-order chi connectivity index (χ1) is 5.33. The maximum absolute atomic E-state index is 3.12. The average molecular weight is 171 g/mol. The molecule has 1 aliphatic carbocycles. The van der Waals surface area contributed by atoms with E-state index in [0.717, 1.165) is 6.54 Å². The smallest absolute Gasteiger partial charge is 0.0336 e. The van der Waals surface area contributed by atoms with Gasteiger partial charge in [-0.3, -0.25) is 0 Å². The summed E-state index contributed by atoms with van der Waals surface area (Å²) >= 11 is 1.99. The van der Waals surface area contributed by atoms with Crippen LogP contribution in [-0.4, -0.2) is 24.6 Å². The molecule has 0 aromatic carbocycles. The Morgan fingerprint density at radius 3 is 2.64 bits per heavy atom. The monoisotopic (exact) mass is 171 g/mol. The van der Waals surface area contributed by atoms with Gasteiger partial charge in [0.1, 0.15) is 0 Å². The van der Waals surface area contributed by atoms with Crippen LogP contribution >= 0.6 is 11.8 Å². The van der Waals surface area contributed by atoms with E-state index in [2.05, 4.69) is 23.7 Å². The van der Waals surface area contributed by atoms with Crippen molar-refractivity contribution >= 4 is 11.8 Å². The highest BCUT2D eigenvalue weighted by Gasteiger charge is 2.32. The normalized spacial score (nSPS) is 22.0. The first-order valence-electron chi connectivity index (χ1n) is 4.20. The molecule has 0 aliphatic heterocycles. The van der Waals surface area contributed by atoms with Gasteiger partial charge in [0, 0.05) is 11.3 Å². The maximum Gasteiger partial charge on any atom is 0.0336 e. The fourth-order valence-corrected chi connectivity index (χ4v) is 2.28. The number of rotatable bonds is 4. The van der Waals surface area contributed by atoms with Crippen LogP contribution in [0.5, 0.6) is 0 Å². The van der Waals surface area contributed by atoms with Crippen molar-refractivity contribution in [3.8, 4) is 0 Å². The van der Waals surface area contributed by atoms with Crippen LogP contribution in [0.25, 0.3) is 0 Å². The van der Waals surface area contributed by atoms with Crippen molar-refractivity contribution in [3.63, 3.8) is 0 Å². The van der Waals surface area contributed by atoms with Gasteiger partial charge in [-0.1, -0.05) is 18.6 Å². The zero-order chi connectivity index (χ0) is 8.16. The molecular formula is C9H17NS. The molecule has 0 unspecified atom stereocenters. The van der Waals surface area contributed by atoms with Crippen LogP contribution in [0.15, 0.2) is 12.2 Å². The van der Waals surface area contributed by atoms with Crippen LogP contribution in [0.4, 0.5) is 0 Å². The van der Waals surface area contributed by atoms with Crippen LogP contribution in [0, 0.1) is 0 Å². The third-order valence-electron chi connectivity index (χ3n) is 2.35. The van der Waals surface area contributed by atoms with Crippen LogP contribution < -0.4 is 5.32 Å². The molecule has 0 spiro atoms. The van der Waals surface area contributed by atoms with E-state index in [0.29, 0.717) is 4.75 Å². The first kappa shape index (κ1) is 9.14. The quantitative estimate of drug-likeness (QED) is 0.650. The Hall–Kier alpha value is 0.0500. The van der Waals surface area contributed by atoms with Crippen LogP contribution in [-0.2, 0) is 0 Å². The SMILES string of the molecule is CNC/C=C/C1(SC)CCC1. The lowest BCUT2D eigenvalue weighted by molar-refractivity contribution is 0.431. The van der Waals surface area contributed by atoms with Gasteiger partial charge >= 0.3 is 0 Å². The molecule has 1 N–H and O–H groups in total. The summed E-state index contributed by atoms with van der Waals surface area (Å²) in [4.78, 5) is 0. The molecule has 0 heterocycles. The van der Waals surface area contributed by atoms with E-state index in [-0.39, 0.29) is 0 Å². The molecule has 0 aromatic rings. The summed E-state index contributed by atoms with van der Waals surface area (Å²) in [5.41, 5.74) is 0. The predicted octanol–water partition coefficient (Wildman–Crippen LogP) is 2.05. The van der Waals surface area contributed by atoms with Gasteiger partial charge < -0.3 is 5.32 Å². The van der Waals surface area contributed by atoms with Crippen LogP contribution in [0.2, 0.25) is 0 Å². The van der Waals surface area contributed by atoms with Gasteiger partial charge in [-0.15, -0.1) is 0 Å². The van der Waals surface area contributed by atoms with Crippen molar-refractivity contribution in [2.45, 2.75) is 24.0 Å². The number of hydrogen-bond donors (Lipinski definition) is 1. The summed E-state index contributed by atoms with van der Waals surface area (Å²) < 4.78 is 0.511. The van der Waals surface area contributed by atoms with E-state index in [1.165, 1.54) is 19.3 Å². The van der Waals surface area contributed by atoms with Crippen molar-refractivity contribution in [1.82, 2.24) is 5.32 Å². The number of likely N-dealkylation sites (N-methyl/N-ethyl adjacent to an activating group) is 1. The van der Waals surface area contributed by atoms with E-state index in [1.807, 2.05) is 18.8 Å². The molecule has 64 valence electrons. The molecule has 0 bridgehead atoms. The zero-order valence-electron chi connectivity index (χ0n) is 7.39. The van der Waals surface area contributed by atoms with Gasteiger partial charge in [0.25, 0.3) is 0 Å². The predicted molar refractivity (Wildman–Crippen MR) is 53.2 cm³/mol. The number of hydrogen-bond acceptors (Lipinski definition) is 2. The second-order valence-corrected chi connectivity index (χ2v) is 4.30. The molecule has 0 aromatic heterocycles. The van der Waals surface area contributed by atoms with Crippen molar-refractivity contribution in [2.24, 2.45) is 0 Å². The van der Waals surface area contributed by atoms with E-state index in [9.17, 15) is 0 Å². The summed E-state index contributed by atoms with van der Waals surface area (Å²) in [6.45, 7) is 1.00. The topological polar surface area (TPSA) is 12.0 Å². The van der Waals surface area contributed by atoms with E-state index in [4.69, 9.17) is 0 Å². The summed E-state index contributed by atoms with van der Waals surface area (Å²) in [6, 6.07) is 0. The summed E-state index contributed by atoms with van der Waals surface area (Å²) in [5.74, 6) is 0. The molecular weight excluding hydrogens is 154 g/mol. The molecule has 0 radical (unpaired) electrons. The minimum Gasteiger partial charge on any atom is -0.316 e. The zero-order valence-corrected chi connectivity index (χ0v) is 8.21. The molecule has 1 saturated carbocycles. The van der Waals surface area contributed by atoms with Crippen molar-refractivity contribution in [2.75, 3.05) is 19.8 Å². The lowest BCUT2D eigenvalue weighted by Crippen LogP contribution is -2.30. The summed E-state index contributed by atoms with van der Waals surface area (Å²) in [5, 5.41) is 3.12. The van der Waals surface area contributed by atoms with Gasteiger partial charge in [0.2, 0.25) is 0 Å². The average Bonchev–Trinajstić information content (AvgIpc) is 1.95.